The third-order valence-corrected chi connectivity index (χ3v) is 5.41. The SMILES string of the molecule is Cc1[nH]nc(CO)c1S(=O)(=O)NCC1CCN(C)CC1. The van der Waals surface area contributed by atoms with Gasteiger partial charge in [-0.25, -0.2) is 13.1 Å². The molecule has 1 aromatic rings. The molecule has 3 N–H and O–H groups in total. The van der Waals surface area contributed by atoms with E-state index in [1.807, 2.05) is 0 Å². The second-order valence-corrected chi connectivity index (χ2v) is 7.08. The van der Waals surface area contributed by atoms with Crippen LogP contribution < -0.4 is 4.72 Å². The molecule has 0 aromatic carbocycles. The molecule has 1 fully saturated rings. The summed E-state index contributed by atoms with van der Waals surface area (Å²) in [4.78, 5) is 2.32. The Morgan fingerprint density at radius 3 is 2.70 bits per heavy atom. The van der Waals surface area contributed by atoms with E-state index in [4.69, 9.17) is 5.11 Å². The number of nitrogens with zero attached hydrogens (tertiary/aromatic N) is 2. The number of likely N-dealkylation sites (tertiary alicyclic amines) is 1. The van der Waals surface area contributed by atoms with Gasteiger partial charge in [0.1, 0.15) is 10.6 Å². The molecule has 0 bridgehead atoms. The first-order chi connectivity index (χ1) is 9.44. The van der Waals surface area contributed by atoms with Gasteiger partial charge in [0.15, 0.2) is 0 Å². The quantitative estimate of drug-likeness (QED) is 0.701. The van der Waals surface area contributed by atoms with Gasteiger partial charge in [-0.1, -0.05) is 0 Å². The average molecular weight is 302 g/mol. The van der Waals surface area contributed by atoms with E-state index in [9.17, 15) is 8.42 Å². The van der Waals surface area contributed by atoms with E-state index in [1.54, 1.807) is 6.92 Å². The van der Waals surface area contributed by atoms with Crippen LogP contribution in [0.1, 0.15) is 24.2 Å². The highest BCUT2D eigenvalue weighted by atomic mass is 32.2. The van der Waals surface area contributed by atoms with E-state index < -0.39 is 16.6 Å². The molecule has 1 aromatic heterocycles. The van der Waals surface area contributed by atoms with Crippen molar-refractivity contribution in [2.45, 2.75) is 31.3 Å². The smallest absolute Gasteiger partial charge is 0.244 e. The number of aryl methyl sites for hydroxylation is 1. The number of sulfonamides is 1. The lowest BCUT2D eigenvalue weighted by Gasteiger charge is -2.28. The van der Waals surface area contributed by atoms with Crippen LogP contribution >= 0.6 is 0 Å². The molecule has 8 heteroatoms. The molecule has 114 valence electrons. The zero-order valence-electron chi connectivity index (χ0n) is 11.9. The fourth-order valence-corrected chi connectivity index (χ4v) is 3.97. The van der Waals surface area contributed by atoms with Crippen LogP contribution in [0.5, 0.6) is 0 Å². The minimum atomic E-state index is -3.62. The molecule has 1 saturated heterocycles. The van der Waals surface area contributed by atoms with Crippen LogP contribution in [0.4, 0.5) is 0 Å². The number of piperidine rings is 1. The van der Waals surface area contributed by atoms with Crippen molar-refractivity contribution in [3.05, 3.63) is 11.4 Å². The van der Waals surface area contributed by atoms with Crippen LogP contribution in [0.2, 0.25) is 0 Å². The fraction of sp³-hybridized carbons (Fsp3) is 0.750. The number of H-pyrrole nitrogens is 1. The largest absolute Gasteiger partial charge is 0.390 e. The zero-order valence-corrected chi connectivity index (χ0v) is 12.7. The minimum absolute atomic E-state index is 0.0768. The first-order valence-corrected chi connectivity index (χ1v) is 8.25. The Balaban J connectivity index is 2.02. The molecule has 0 amide bonds. The summed E-state index contributed by atoms with van der Waals surface area (Å²) in [5.74, 6) is 0.366. The van der Waals surface area contributed by atoms with E-state index in [0.717, 1.165) is 25.9 Å². The third-order valence-electron chi connectivity index (χ3n) is 3.78. The van der Waals surface area contributed by atoms with Crippen LogP contribution in [0.25, 0.3) is 0 Å². The number of rotatable bonds is 5. The number of aromatic nitrogens is 2. The number of aliphatic hydroxyl groups excluding tert-OH is 1. The summed E-state index contributed by atoms with van der Waals surface area (Å²) in [5.41, 5.74) is 0.614. The van der Waals surface area contributed by atoms with Gasteiger partial charge in [-0.2, -0.15) is 5.10 Å². The summed E-state index contributed by atoms with van der Waals surface area (Å²) in [6.45, 7) is 3.68. The van der Waals surface area contributed by atoms with Crippen LogP contribution in [0, 0.1) is 12.8 Å². The van der Waals surface area contributed by atoms with Crippen LogP contribution in [-0.4, -0.2) is 55.3 Å². The molecule has 2 heterocycles. The Morgan fingerprint density at radius 1 is 1.45 bits per heavy atom. The van der Waals surface area contributed by atoms with Gasteiger partial charge < -0.3 is 10.0 Å². The van der Waals surface area contributed by atoms with Crippen molar-refractivity contribution in [1.82, 2.24) is 19.8 Å². The number of hydrogen-bond acceptors (Lipinski definition) is 5. The van der Waals surface area contributed by atoms with Gasteiger partial charge in [0, 0.05) is 6.54 Å². The molecule has 0 spiro atoms. The number of aromatic amines is 1. The lowest BCUT2D eigenvalue weighted by atomic mass is 9.98. The molecule has 0 unspecified atom stereocenters. The van der Waals surface area contributed by atoms with Crippen molar-refractivity contribution in [3.8, 4) is 0 Å². The van der Waals surface area contributed by atoms with E-state index in [2.05, 4.69) is 26.9 Å². The summed E-state index contributed by atoms with van der Waals surface area (Å²) in [5, 5.41) is 15.6. The maximum Gasteiger partial charge on any atom is 0.244 e. The van der Waals surface area contributed by atoms with Crippen molar-refractivity contribution < 1.29 is 13.5 Å². The Kier molecular flexibility index (Phi) is 4.79. The predicted octanol–water partition coefficient (Wildman–Crippen LogP) is -0.169. The molecule has 7 nitrogen and oxygen atoms in total. The Labute approximate surface area is 119 Å². The van der Waals surface area contributed by atoms with Crippen LogP contribution in [0.3, 0.4) is 0 Å². The Hall–Kier alpha value is -0.960. The van der Waals surface area contributed by atoms with Gasteiger partial charge in [0.2, 0.25) is 10.0 Å². The molecule has 0 atom stereocenters. The normalized spacial score (nSPS) is 18.6. The lowest BCUT2D eigenvalue weighted by Crippen LogP contribution is -2.37. The monoisotopic (exact) mass is 302 g/mol. The van der Waals surface area contributed by atoms with Gasteiger partial charge in [-0.15, -0.1) is 0 Å². The average Bonchev–Trinajstić information content (AvgIpc) is 2.80. The number of aliphatic hydroxyl groups is 1. The summed E-state index contributed by atoms with van der Waals surface area (Å²) < 4.78 is 27.3. The number of hydrogen-bond donors (Lipinski definition) is 3. The van der Waals surface area contributed by atoms with Crippen LogP contribution in [0.15, 0.2) is 4.90 Å². The highest BCUT2D eigenvalue weighted by Gasteiger charge is 2.25. The maximum absolute atomic E-state index is 12.3. The van der Waals surface area contributed by atoms with Crippen LogP contribution in [-0.2, 0) is 16.6 Å². The first kappa shape index (κ1) is 15.4. The molecule has 1 aliphatic rings. The molecular weight excluding hydrogens is 280 g/mol. The second-order valence-electron chi connectivity index (χ2n) is 5.38. The van der Waals surface area contributed by atoms with Crippen molar-refractivity contribution in [2.24, 2.45) is 5.92 Å². The molecular formula is C12H22N4O3S. The van der Waals surface area contributed by atoms with Gasteiger partial charge >= 0.3 is 0 Å². The van der Waals surface area contributed by atoms with Gasteiger partial charge in [-0.3, -0.25) is 5.10 Å². The highest BCUT2D eigenvalue weighted by molar-refractivity contribution is 7.89. The zero-order chi connectivity index (χ0) is 14.8. The highest BCUT2D eigenvalue weighted by Crippen LogP contribution is 2.19. The molecule has 1 aliphatic heterocycles. The summed E-state index contributed by atoms with van der Waals surface area (Å²) >= 11 is 0. The van der Waals surface area contributed by atoms with Crippen molar-refractivity contribution in [1.29, 1.82) is 0 Å². The standard InChI is InChI=1S/C12H22N4O3S/c1-9-12(11(8-17)15-14-9)20(18,19)13-7-10-3-5-16(2)6-4-10/h10,13,17H,3-8H2,1-2H3,(H,14,15). The van der Waals surface area contributed by atoms with Gasteiger partial charge in [0.25, 0.3) is 0 Å². The number of nitrogens with one attached hydrogen (secondary N) is 2. The van der Waals surface area contributed by atoms with E-state index in [-0.39, 0.29) is 10.6 Å². The minimum Gasteiger partial charge on any atom is -0.390 e. The van der Waals surface area contributed by atoms with Crippen molar-refractivity contribution >= 4 is 10.0 Å². The van der Waals surface area contributed by atoms with Crippen molar-refractivity contribution in [2.75, 3.05) is 26.7 Å². The molecule has 0 saturated carbocycles. The Morgan fingerprint density at radius 2 is 2.10 bits per heavy atom. The molecule has 2 rings (SSSR count). The third kappa shape index (κ3) is 3.38. The predicted molar refractivity (Wildman–Crippen MR) is 74.7 cm³/mol. The van der Waals surface area contributed by atoms with E-state index in [1.165, 1.54) is 0 Å². The van der Waals surface area contributed by atoms with E-state index >= 15 is 0 Å². The molecule has 20 heavy (non-hydrogen) atoms. The summed E-state index contributed by atoms with van der Waals surface area (Å²) in [6, 6.07) is 0. The Bertz CT molecular complexity index is 547. The molecule has 0 aliphatic carbocycles. The topological polar surface area (TPSA) is 98.3 Å². The molecule has 0 radical (unpaired) electrons. The van der Waals surface area contributed by atoms with Gasteiger partial charge in [-0.05, 0) is 45.8 Å². The van der Waals surface area contributed by atoms with E-state index in [0.29, 0.717) is 18.2 Å². The van der Waals surface area contributed by atoms with Gasteiger partial charge in [0.05, 0.1) is 12.3 Å². The second kappa shape index (κ2) is 6.21. The lowest BCUT2D eigenvalue weighted by molar-refractivity contribution is 0.220. The summed E-state index contributed by atoms with van der Waals surface area (Å²) in [6.07, 6.45) is 1.99. The fourth-order valence-electron chi connectivity index (χ4n) is 2.50. The van der Waals surface area contributed by atoms with Crippen molar-refractivity contribution in [3.63, 3.8) is 0 Å². The summed E-state index contributed by atoms with van der Waals surface area (Å²) in [7, 11) is -1.55. The first-order valence-electron chi connectivity index (χ1n) is 6.77. The maximum atomic E-state index is 12.3.